The third-order valence-electron chi connectivity index (χ3n) is 1.95. The molecule has 0 spiro atoms. The first-order valence-corrected chi connectivity index (χ1v) is 10.1. The number of hydrogen-bond donors (Lipinski definition) is 3. The van der Waals surface area contributed by atoms with Gasteiger partial charge in [0.05, 0.1) is 0 Å². The van der Waals surface area contributed by atoms with Crippen molar-refractivity contribution in [2.24, 2.45) is 0 Å². The molecule has 0 rings (SSSR count). The lowest BCUT2D eigenvalue weighted by molar-refractivity contribution is 0.561. The van der Waals surface area contributed by atoms with Gasteiger partial charge in [-0.2, -0.15) is 0 Å². The third-order valence-corrected chi connectivity index (χ3v) is 9.19. The van der Waals surface area contributed by atoms with Crippen molar-refractivity contribution in [1.82, 2.24) is 19.2 Å². The summed E-state index contributed by atoms with van der Waals surface area (Å²) < 4.78 is 5.99. The van der Waals surface area contributed by atoms with Gasteiger partial charge in [-0.25, -0.2) is 0 Å². The van der Waals surface area contributed by atoms with Crippen LogP contribution in [0.15, 0.2) is 0 Å². The van der Waals surface area contributed by atoms with E-state index >= 15 is 0 Å². The van der Waals surface area contributed by atoms with Crippen molar-refractivity contribution in [3.63, 3.8) is 0 Å². The molecule has 13 heavy (non-hydrogen) atoms. The fourth-order valence-electron chi connectivity index (χ4n) is 1.35. The van der Waals surface area contributed by atoms with Crippen LogP contribution in [-0.2, 0) is 0 Å². The molecule has 0 saturated heterocycles. The fourth-order valence-corrected chi connectivity index (χ4v) is 8.73. The lowest BCUT2D eigenvalue weighted by Gasteiger charge is -2.40. The second kappa shape index (κ2) is 4.67. The first-order chi connectivity index (χ1) is 5.77. The Hall–Kier alpha value is 0.274. The number of nitrogens with one attached hydrogen (secondary N) is 3. The van der Waals surface area contributed by atoms with Crippen LogP contribution in [0.3, 0.4) is 0 Å². The zero-order chi connectivity index (χ0) is 10.7. The van der Waals surface area contributed by atoms with Crippen molar-refractivity contribution in [2.75, 3.05) is 28.2 Å². The molecule has 0 heterocycles. The molecule has 80 valence electrons. The summed E-state index contributed by atoms with van der Waals surface area (Å²) in [6.07, 6.45) is 0. The standard InChI is InChI=1S/C7H24N4Si2/c1-8-13(9-2,11(3)4)10-12(5,6)7/h8-10H,1-7H3. The van der Waals surface area contributed by atoms with Gasteiger partial charge in [0, 0.05) is 0 Å². The molecule has 0 unspecified atom stereocenters. The van der Waals surface area contributed by atoms with Gasteiger partial charge in [0.2, 0.25) is 0 Å². The fraction of sp³-hybridized carbons (Fsp3) is 1.00. The van der Waals surface area contributed by atoms with Crippen molar-refractivity contribution < 1.29 is 0 Å². The Balaban J connectivity index is 4.58. The normalized spacial score (nSPS) is 13.8. The van der Waals surface area contributed by atoms with Crippen molar-refractivity contribution >= 4 is 17.0 Å². The molecular weight excluding hydrogens is 196 g/mol. The lowest BCUT2D eigenvalue weighted by atomic mass is 11.3. The maximum atomic E-state index is 3.75. The minimum atomic E-state index is -1.81. The molecule has 0 aliphatic heterocycles. The van der Waals surface area contributed by atoms with Crippen LogP contribution in [0.1, 0.15) is 0 Å². The lowest BCUT2D eigenvalue weighted by Crippen LogP contribution is -2.82. The second-order valence-corrected chi connectivity index (χ2v) is 13.3. The van der Waals surface area contributed by atoms with Gasteiger partial charge in [-0.1, -0.05) is 19.6 Å². The molecule has 4 nitrogen and oxygen atoms in total. The molecule has 0 aliphatic carbocycles. The molecule has 0 saturated carbocycles. The van der Waals surface area contributed by atoms with E-state index in [4.69, 9.17) is 0 Å². The highest BCUT2D eigenvalue weighted by molar-refractivity contribution is 6.88. The zero-order valence-electron chi connectivity index (χ0n) is 9.95. The van der Waals surface area contributed by atoms with Gasteiger partial charge in [0.15, 0.2) is 0 Å². The van der Waals surface area contributed by atoms with Gasteiger partial charge < -0.3 is 14.6 Å². The Morgan fingerprint density at radius 2 is 1.31 bits per heavy atom. The third kappa shape index (κ3) is 3.88. The maximum absolute atomic E-state index is 3.75. The molecule has 0 aliphatic rings. The number of rotatable bonds is 5. The largest absolute Gasteiger partial charge is 0.361 e. The van der Waals surface area contributed by atoms with Crippen LogP contribution < -0.4 is 14.6 Å². The molecule has 0 amide bonds. The number of hydrogen-bond acceptors (Lipinski definition) is 4. The van der Waals surface area contributed by atoms with E-state index in [2.05, 4.69) is 52.9 Å². The van der Waals surface area contributed by atoms with Gasteiger partial charge in [-0.15, -0.1) is 0 Å². The van der Waals surface area contributed by atoms with Crippen molar-refractivity contribution in [3.05, 3.63) is 0 Å². The van der Waals surface area contributed by atoms with Gasteiger partial charge >= 0.3 is 8.72 Å². The maximum Gasteiger partial charge on any atom is 0.361 e. The SMILES string of the molecule is CN[Si](NC)(N[Si](C)(C)C)N(C)C. The van der Waals surface area contributed by atoms with Crippen LogP contribution in [0.5, 0.6) is 0 Å². The summed E-state index contributed by atoms with van der Waals surface area (Å²) >= 11 is 0. The predicted molar refractivity (Wildman–Crippen MR) is 64.0 cm³/mol. The van der Waals surface area contributed by atoms with Crippen LogP contribution in [-0.4, -0.2) is 49.7 Å². The first-order valence-electron chi connectivity index (χ1n) is 4.62. The highest BCUT2D eigenvalue weighted by Crippen LogP contribution is 2.01. The van der Waals surface area contributed by atoms with Crippen molar-refractivity contribution in [1.29, 1.82) is 0 Å². The Bertz CT molecular complexity index is 151. The quantitative estimate of drug-likeness (QED) is 0.564. The Morgan fingerprint density at radius 1 is 0.923 bits per heavy atom. The number of nitrogens with zero attached hydrogens (tertiary/aromatic N) is 1. The molecule has 0 atom stereocenters. The summed E-state index contributed by atoms with van der Waals surface area (Å²) in [6, 6.07) is 0. The zero-order valence-corrected chi connectivity index (χ0v) is 11.9. The highest BCUT2D eigenvalue weighted by atomic mass is 28.4. The minimum Gasteiger partial charge on any atom is -0.322 e. The Morgan fingerprint density at radius 3 is 1.38 bits per heavy atom. The van der Waals surface area contributed by atoms with Gasteiger partial charge in [0.1, 0.15) is 8.24 Å². The molecule has 3 N–H and O–H groups in total. The van der Waals surface area contributed by atoms with E-state index in [9.17, 15) is 0 Å². The van der Waals surface area contributed by atoms with E-state index in [0.717, 1.165) is 0 Å². The average Bonchev–Trinajstić information content (AvgIpc) is 1.98. The summed E-state index contributed by atoms with van der Waals surface area (Å²) in [7, 11) is 5.16. The Kier molecular flexibility index (Phi) is 4.77. The summed E-state index contributed by atoms with van der Waals surface area (Å²) in [4.78, 5) is 6.80. The van der Waals surface area contributed by atoms with Crippen molar-refractivity contribution in [3.8, 4) is 0 Å². The molecule has 0 bridgehead atoms. The van der Waals surface area contributed by atoms with Crippen LogP contribution >= 0.6 is 0 Å². The van der Waals surface area contributed by atoms with Gasteiger partial charge in [-0.3, -0.25) is 4.57 Å². The molecular formula is C7H24N4Si2. The van der Waals surface area contributed by atoms with Crippen LogP contribution in [0.25, 0.3) is 0 Å². The van der Waals surface area contributed by atoms with Gasteiger partial charge in [-0.05, 0) is 28.2 Å². The van der Waals surface area contributed by atoms with Crippen LogP contribution in [0, 0.1) is 0 Å². The molecule has 6 heteroatoms. The highest BCUT2D eigenvalue weighted by Gasteiger charge is 2.38. The Labute approximate surface area is 84.5 Å². The predicted octanol–water partition coefficient (Wildman–Crippen LogP) is -0.153. The molecule has 0 radical (unpaired) electrons. The monoisotopic (exact) mass is 220 g/mol. The summed E-state index contributed by atoms with van der Waals surface area (Å²) in [5.41, 5.74) is 0. The van der Waals surface area contributed by atoms with E-state index in [1.165, 1.54) is 0 Å². The summed E-state index contributed by atoms with van der Waals surface area (Å²) in [6.45, 7) is 6.94. The van der Waals surface area contributed by atoms with Crippen LogP contribution in [0.4, 0.5) is 0 Å². The smallest absolute Gasteiger partial charge is 0.322 e. The molecule has 0 fully saturated rings. The van der Waals surface area contributed by atoms with E-state index in [1.807, 2.05) is 14.1 Å². The molecule has 0 aromatic rings. The summed E-state index contributed by atoms with van der Waals surface area (Å²) in [5, 5.41) is 0. The van der Waals surface area contributed by atoms with E-state index in [1.54, 1.807) is 0 Å². The minimum absolute atomic E-state index is 1.25. The van der Waals surface area contributed by atoms with Crippen molar-refractivity contribution in [2.45, 2.75) is 19.6 Å². The van der Waals surface area contributed by atoms with E-state index in [-0.39, 0.29) is 0 Å². The first kappa shape index (κ1) is 13.3. The van der Waals surface area contributed by atoms with Gasteiger partial charge in [0.25, 0.3) is 0 Å². The van der Waals surface area contributed by atoms with E-state index in [0.29, 0.717) is 0 Å². The second-order valence-electron chi connectivity index (χ2n) is 4.48. The average molecular weight is 220 g/mol. The van der Waals surface area contributed by atoms with Crippen LogP contribution in [0.2, 0.25) is 19.6 Å². The summed E-state index contributed by atoms with van der Waals surface area (Å²) in [5.74, 6) is 0. The molecule has 0 aromatic heterocycles. The topological polar surface area (TPSA) is 39.3 Å². The molecule has 0 aromatic carbocycles. The van der Waals surface area contributed by atoms with E-state index < -0.39 is 17.0 Å².